The van der Waals surface area contributed by atoms with Gasteiger partial charge >= 0.3 is 0 Å². The minimum absolute atomic E-state index is 0.318. The first-order valence-corrected chi connectivity index (χ1v) is 8.72. The maximum absolute atomic E-state index is 4.36. The maximum Gasteiger partial charge on any atom is 0.115 e. The highest BCUT2D eigenvalue weighted by Crippen LogP contribution is 2.17. The zero-order chi connectivity index (χ0) is 16.8. The SMILES string of the molecule is C[C@@H](c1ccncn1)N(C)CCN1CCN(c2ccccc2)CC1. The first-order chi connectivity index (χ1) is 11.7. The molecular formula is C19H27N5. The molecule has 128 valence electrons. The van der Waals surface area contributed by atoms with Crippen LogP contribution in [0.15, 0.2) is 48.9 Å². The third-order valence-electron chi connectivity index (χ3n) is 4.96. The van der Waals surface area contributed by atoms with Crippen molar-refractivity contribution in [3.8, 4) is 0 Å². The highest BCUT2D eigenvalue weighted by Gasteiger charge is 2.18. The van der Waals surface area contributed by atoms with Crippen LogP contribution in [-0.4, -0.2) is 66.1 Å². The molecule has 3 rings (SSSR count). The van der Waals surface area contributed by atoms with Crippen molar-refractivity contribution in [2.75, 3.05) is 51.2 Å². The molecule has 2 heterocycles. The van der Waals surface area contributed by atoms with Crippen molar-refractivity contribution in [1.82, 2.24) is 19.8 Å². The molecule has 1 aliphatic rings. The summed E-state index contributed by atoms with van der Waals surface area (Å²) in [4.78, 5) is 15.8. The van der Waals surface area contributed by atoms with Crippen LogP contribution in [0.1, 0.15) is 18.7 Å². The van der Waals surface area contributed by atoms with Gasteiger partial charge in [-0.2, -0.15) is 0 Å². The van der Waals surface area contributed by atoms with Crippen molar-refractivity contribution >= 4 is 5.69 Å². The van der Waals surface area contributed by atoms with Gasteiger partial charge in [-0.05, 0) is 32.2 Å². The lowest BCUT2D eigenvalue weighted by atomic mass is 10.2. The molecule has 0 aliphatic carbocycles. The number of anilines is 1. The van der Waals surface area contributed by atoms with E-state index >= 15 is 0 Å². The summed E-state index contributed by atoms with van der Waals surface area (Å²) >= 11 is 0. The van der Waals surface area contributed by atoms with Crippen LogP contribution in [0.2, 0.25) is 0 Å². The van der Waals surface area contributed by atoms with E-state index in [2.05, 4.69) is 69.0 Å². The molecule has 1 fully saturated rings. The van der Waals surface area contributed by atoms with Gasteiger partial charge in [-0.15, -0.1) is 0 Å². The van der Waals surface area contributed by atoms with Gasteiger partial charge in [0, 0.05) is 57.2 Å². The fourth-order valence-electron chi connectivity index (χ4n) is 3.14. The number of benzene rings is 1. The van der Waals surface area contributed by atoms with Crippen molar-refractivity contribution < 1.29 is 0 Å². The molecule has 0 saturated carbocycles. The van der Waals surface area contributed by atoms with Crippen LogP contribution in [0.25, 0.3) is 0 Å². The first-order valence-electron chi connectivity index (χ1n) is 8.72. The van der Waals surface area contributed by atoms with E-state index in [1.807, 2.05) is 12.3 Å². The Morgan fingerprint density at radius 3 is 2.50 bits per heavy atom. The van der Waals surface area contributed by atoms with Crippen molar-refractivity contribution in [1.29, 1.82) is 0 Å². The Morgan fingerprint density at radius 1 is 1.08 bits per heavy atom. The zero-order valence-corrected chi connectivity index (χ0v) is 14.7. The Morgan fingerprint density at radius 2 is 1.83 bits per heavy atom. The summed E-state index contributed by atoms with van der Waals surface area (Å²) in [7, 11) is 2.17. The number of hydrogen-bond donors (Lipinski definition) is 0. The van der Waals surface area contributed by atoms with Crippen LogP contribution < -0.4 is 4.90 Å². The fourth-order valence-corrected chi connectivity index (χ4v) is 3.14. The molecule has 0 N–H and O–H groups in total. The van der Waals surface area contributed by atoms with Crippen LogP contribution >= 0.6 is 0 Å². The van der Waals surface area contributed by atoms with Crippen LogP contribution in [0, 0.1) is 0 Å². The smallest absolute Gasteiger partial charge is 0.115 e. The van der Waals surface area contributed by atoms with E-state index in [0.29, 0.717) is 6.04 Å². The quantitative estimate of drug-likeness (QED) is 0.814. The minimum atomic E-state index is 0.318. The molecule has 0 radical (unpaired) electrons. The first kappa shape index (κ1) is 16.9. The average Bonchev–Trinajstić information content (AvgIpc) is 2.67. The van der Waals surface area contributed by atoms with Gasteiger partial charge in [0.15, 0.2) is 0 Å². The number of rotatable bonds is 6. The van der Waals surface area contributed by atoms with Crippen molar-refractivity contribution in [3.05, 3.63) is 54.6 Å². The molecule has 0 spiro atoms. The van der Waals surface area contributed by atoms with Crippen molar-refractivity contribution in [2.45, 2.75) is 13.0 Å². The van der Waals surface area contributed by atoms with Gasteiger partial charge in [-0.25, -0.2) is 9.97 Å². The highest BCUT2D eigenvalue weighted by molar-refractivity contribution is 5.46. The second-order valence-electron chi connectivity index (χ2n) is 6.46. The number of hydrogen-bond acceptors (Lipinski definition) is 5. The zero-order valence-electron chi connectivity index (χ0n) is 14.7. The summed E-state index contributed by atoms with van der Waals surface area (Å²) in [6.07, 6.45) is 3.44. The molecule has 1 aromatic carbocycles. The number of para-hydroxylation sites is 1. The Bertz CT molecular complexity index is 596. The van der Waals surface area contributed by atoms with Gasteiger partial charge in [-0.3, -0.25) is 9.80 Å². The molecule has 24 heavy (non-hydrogen) atoms. The van der Waals surface area contributed by atoms with Gasteiger partial charge in [-0.1, -0.05) is 18.2 Å². The topological polar surface area (TPSA) is 35.5 Å². The number of piperazine rings is 1. The molecule has 2 aromatic rings. The summed E-state index contributed by atoms with van der Waals surface area (Å²) < 4.78 is 0. The van der Waals surface area contributed by atoms with Gasteiger partial charge < -0.3 is 4.90 Å². The van der Waals surface area contributed by atoms with E-state index in [4.69, 9.17) is 0 Å². The summed E-state index contributed by atoms with van der Waals surface area (Å²) in [6.45, 7) is 8.83. The maximum atomic E-state index is 4.36. The lowest BCUT2D eigenvalue weighted by Gasteiger charge is -2.37. The number of aromatic nitrogens is 2. The Balaban J connectivity index is 1.43. The monoisotopic (exact) mass is 325 g/mol. The van der Waals surface area contributed by atoms with E-state index < -0.39 is 0 Å². The van der Waals surface area contributed by atoms with Crippen LogP contribution in [0.3, 0.4) is 0 Å². The van der Waals surface area contributed by atoms with Gasteiger partial charge in [0.05, 0.1) is 5.69 Å². The molecule has 0 amide bonds. The summed E-state index contributed by atoms with van der Waals surface area (Å²) in [5.74, 6) is 0. The minimum Gasteiger partial charge on any atom is -0.369 e. The number of likely N-dealkylation sites (N-methyl/N-ethyl adjacent to an activating group) is 1. The average molecular weight is 325 g/mol. The standard InChI is InChI=1S/C19H27N5/c1-17(19-8-9-20-16-21-19)22(2)10-11-23-12-14-24(15-13-23)18-6-4-3-5-7-18/h3-9,16-17H,10-15H2,1-2H3/t17-/m0/s1. The fraction of sp³-hybridized carbons (Fsp3) is 0.474. The largest absolute Gasteiger partial charge is 0.369 e. The number of nitrogens with zero attached hydrogens (tertiary/aromatic N) is 5. The highest BCUT2D eigenvalue weighted by atomic mass is 15.3. The third-order valence-corrected chi connectivity index (χ3v) is 4.96. The van der Waals surface area contributed by atoms with E-state index in [1.54, 1.807) is 6.33 Å². The van der Waals surface area contributed by atoms with E-state index in [9.17, 15) is 0 Å². The summed E-state index contributed by atoms with van der Waals surface area (Å²) in [5, 5.41) is 0. The van der Waals surface area contributed by atoms with Crippen molar-refractivity contribution in [3.63, 3.8) is 0 Å². The normalized spacial score (nSPS) is 17.2. The molecule has 1 aliphatic heterocycles. The second-order valence-corrected chi connectivity index (χ2v) is 6.46. The molecule has 5 heteroatoms. The molecule has 5 nitrogen and oxygen atoms in total. The molecule has 1 aromatic heterocycles. The molecule has 0 bridgehead atoms. The van der Waals surface area contributed by atoms with Gasteiger partial charge in [0.2, 0.25) is 0 Å². The van der Waals surface area contributed by atoms with E-state index in [-0.39, 0.29) is 0 Å². The second kappa shape index (κ2) is 8.22. The lowest BCUT2D eigenvalue weighted by Crippen LogP contribution is -2.48. The van der Waals surface area contributed by atoms with Crippen LogP contribution in [0.4, 0.5) is 5.69 Å². The van der Waals surface area contributed by atoms with E-state index in [0.717, 1.165) is 45.0 Å². The summed E-state index contributed by atoms with van der Waals surface area (Å²) in [5.41, 5.74) is 2.42. The molecule has 0 unspecified atom stereocenters. The third kappa shape index (κ3) is 4.30. The van der Waals surface area contributed by atoms with Gasteiger partial charge in [0.25, 0.3) is 0 Å². The van der Waals surface area contributed by atoms with Gasteiger partial charge in [0.1, 0.15) is 6.33 Å². The Hall–Kier alpha value is -1.98. The summed E-state index contributed by atoms with van der Waals surface area (Å²) in [6, 6.07) is 13.0. The lowest BCUT2D eigenvalue weighted by molar-refractivity contribution is 0.188. The van der Waals surface area contributed by atoms with E-state index in [1.165, 1.54) is 5.69 Å². The van der Waals surface area contributed by atoms with Crippen LogP contribution in [0.5, 0.6) is 0 Å². The Labute approximate surface area is 144 Å². The van der Waals surface area contributed by atoms with Crippen LogP contribution in [-0.2, 0) is 0 Å². The predicted molar refractivity (Wildman–Crippen MR) is 98.2 cm³/mol. The van der Waals surface area contributed by atoms with Crippen molar-refractivity contribution in [2.24, 2.45) is 0 Å². The Kier molecular flexibility index (Phi) is 5.77. The predicted octanol–water partition coefficient (Wildman–Crippen LogP) is 2.29. The molecular weight excluding hydrogens is 298 g/mol. The molecule has 1 saturated heterocycles. The molecule has 1 atom stereocenters.